The molecule has 0 saturated carbocycles. The van der Waals surface area contributed by atoms with Gasteiger partial charge in [-0.05, 0) is 23.6 Å². The van der Waals surface area contributed by atoms with Crippen LogP contribution in [0.5, 0.6) is 0 Å². The number of non-ortho nitro benzene ring substituents is 1. The smallest absolute Gasteiger partial charge is 0.260 e. The Balaban J connectivity index is 1.77. The molecule has 0 bridgehead atoms. The Bertz CT molecular complexity index is 839. The first-order chi connectivity index (χ1) is 10.7. The van der Waals surface area contributed by atoms with Crippen molar-refractivity contribution in [3.05, 3.63) is 76.8 Å². The van der Waals surface area contributed by atoms with Gasteiger partial charge in [0.05, 0.1) is 16.3 Å². The highest BCUT2D eigenvalue weighted by Gasteiger charge is 2.03. The van der Waals surface area contributed by atoms with Crippen LogP contribution >= 0.6 is 0 Å². The average molecular weight is 292 g/mol. The summed E-state index contributed by atoms with van der Waals surface area (Å²) in [6, 6.07) is 19.7. The lowest BCUT2D eigenvalue weighted by Crippen LogP contribution is -1.89. The van der Waals surface area contributed by atoms with Crippen LogP contribution in [0.1, 0.15) is 0 Å². The van der Waals surface area contributed by atoms with E-state index in [1.54, 1.807) is 12.1 Å². The number of nitrogens with one attached hydrogen (secondary N) is 1. The Labute approximate surface area is 126 Å². The van der Waals surface area contributed by atoms with Gasteiger partial charge >= 0.3 is 0 Å². The number of nitrogens with zero attached hydrogens (tertiary/aromatic N) is 3. The maximum absolute atomic E-state index is 10.6. The molecule has 22 heavy (non-hydrogen) atoms. The van der Waals surface area contributed by atoms with Gasteiger partial charge in [-0.25, -0.2) is 0 Å². The molecule has 0 fully saturated rings. The molecule has 0 aromatic heterocycles. The molecule has 0 amide bonds. The molecule has 6 heteroatoms. The van der Waals surface area contributed by atoms with Crippen molar-refractivity contribution in [1.29, 1.82) is 0 Å². The second kappa shape index (κ2) is 6.01. The molecular weight excluding hydrogens is 280 g/mol. The number of anilines is 1. The lowest BCUT2D eigenvalue weighted by Gasteiger charge is -2.01. The van der Waals surface area contributed by atoms with E-state index >= 15 is 0 Å². The Morgan fingerprint density at radius 1 is 0.909 bits per heavy atom. The molecule has 1 N–H and O–H groups in total. The molecule has 0 atom stereocenters. The first kappa shape index (κ1) is 13.7. The third-order valence-electron chi connectivity index (χ3n) is 3.18. The quantitative estimate of drug-likeness (QED) is 0.423. The summed E-state index contributed by atoms with van der Waals surface area (Å²) in [6.45, 7) is 0. The zero-order valence-corrected chi connectivity index (χ0v) is 11.5. The highest BCUT2D eigenvalue weighted by molar-refractivity contribution is 5.92. The minimum Gasteiger partial charge on any atom is -0.260 e. The molecule has 3 aromatic rings. The van der Waals surface area contributed by atoms with Crippen LogP contribution in [0.2, 0.25) is 0 Å². The van der Waals surface area contributed by atoms with Crippen molar-refractivity contribution >= 4 is 27.8 Å². The maximum Gasteiger partial charge on any atom is 0.269 e. The molecule has 0 radical (unpaired) electrons. The zero-order chi connectivity index (χ0) is 15.4. The minimum atomic E-state index is -0.443. The second-order valence-electron chi connectivity index (χ2n) is 4.61. The van der Waals surface area contributed by atoms with Crippen LogP contribution in [0.15, 0.2) is 77.1 Å². The van der Waals surface area contributed by atoms with E-state index in [9.17, 15) is 10.1 Å². The van der Waals surface area contributed by atoms with Gasteiger partial charge in [0.1, 0.15) is 0 Å². The van der Waals surface area contributed by atoms with Crippen molar-refractivity contribution in [2.75, 3.05) is 5.43 Å². The van der Waals surface area contributed by atoms with Gasteiger partial charge < -0.3 is 0 Å². The molecule has 0 aliphatic heterocycles. The molecular formula is C16H12N4O2. The van der Waals surface area contributed by atoms with Crippen molar-refractivity contribution in [1.82, 2.24) is 0 Å². The predicted octanol–water partition coefficient (Wildman–Crippen LogP) is 4.86. The lowest BCUT2D eigenvalue weighted by atomic mass is 10.1. The number of benzene rings is 3. The van der Waals surface area contributed by atoms with Gasteiger partial charge in [0.15, 0.2) is 0 Å². The monoisotopic (exact) mass is 292 g/mol. The zero-order valence-electron chi connectivity index (χ0n) is 11.5. The van der Waals surface area contributed by atoms with E-state index in [-0.39, 0.29) is 5.69 Å². The van der Waals surface area contributed by atoms with Gasteiger partial charge in [0, 0.05) is 17.5 Å². The summed E-state index contributed by atoms with van der Waals surface area (Å²) in [4.78, 5) is 10.1. The van der Waals surface area contributed by atoms with Crippen LogP contribution in [-0.4, -0.2) is 4.92 Å². The van der Waals surface area contributed by atoms with Crippen LogP contribution in [0, 0.1) is 10.1 Å². The standard InChI is InChI=1S/C16H12N4O2/c21-20(22)14-10-8-13(9-11-14)17-19-18-16-7-3-5-12-4-1-2-6-15(12)16/h1-11H,(H,17,18). The number of hydrogen-bond acceptors (Lipinski definition) is 4. The Morgan fingerprint density at radius 3 is 2.41 bits per heavy atom. The second-order valence-corrected chi connectivity index (χ2v) is 4.61. The van der Waals surface area contributed by atoms with E-state index in [0.29, 0.717) is 5.69 Å². The van der Waals surface area contributed by atoms with Gasteiger partial charge in [0.2, 0.25) is 0 Å². The summed E-state index contributed by atoms with van der Waals surface area (Å²) in [7, 11) is 0. The molecule has 3 aromatic carbocycles. The van der Waals surface area contributed by atoms with Crippen LogP contribution in [-0.2, 0) is 0 Å². The molecule has 0 saturated heterocycles. The number of hydrogen-bond donors (Lipinski definition) is 1. The largest absolute Gasteiger partial charge is 0.269 e. The molecule has 6 nitrogen and oxygen atoms in total. The van der Waals surface area contributed by atoms with Crippen LogP contribution in [0.25, 0.3) is 10.8 Å². The molecule has 0 aliphatic carbocycles. The summed E-state index contributed by atoms with van der Waals surface area (Å²) >= 11 is 0. The van der Waals surface area contributed by atoms with Crippen molar-refractivity contribution in [3.8, 4) is 0 Å². The lowest BCUT2D eigenvalue weighted by molar-refractivity contribution is -0.384. The van der Waals surface area contributed by atoms with Crippen molar-refractivity contribution in [2.24, 2.45) is 10.3 Å². The molecule has 0 heterocycles. The molecule has 0 unspecified atom stereocenters. The van der Waals surface area contributed by atoms with Crippen molar-refractivity contribution < 1.29 is 4.92 Å². The Hall–Kier alpha value is -3.28. The fourth-order valence-corrected chi connectivity index (χ4v) is 2.09. The number of nitro groups is 1. The maximum atomic E-state index is 10.6. The Morgan fingerprint density at radius 2 is 1.64 bits per heavy atom. The van der Waals surface area contributed by atoms with E-state index in [2.05, 4.69) is 15.8 Å². The fraction of sp³-hybridized carbons (Fsp3) is 0. The van der Waals surface area contributed by atoms with E-state index in [4.69, 9.17) is 0 Å². The summed E-state index contributed by atoms with van der Waals surface area (Å²) in [5.74, 6) is 0. The van der Waals surface area contributed by atoms with E-state index in [1.165, 1.54) is 12.1 Å². The number of rotatable bonds is 4. The van der Waals surface area contributed by atoms with Crippen LogP contribution < -0.4 is 5.43 Å². The van der Waals surface area contributed by atoms with Gasteiger partial charge in [-0.2, -0.15) is 0 Å². The first-order valence-electron chi connectivity index (χ1n) is 6.63. The molecule has 3 rings (SSSR count). The third-order valence-corrected chi connectivity index (χ3v) is 3.18. The average Bonchev–Trinajstić information content (AvgIpc) is 2.55. The molecule has 108 valence electrons. The van der Waals surface area contributed by atoms with Gasteiger partial charge in [-0.15, -0.1) is 5.11 Å². The van der Waals surface area contributed by atoms with Gasteiger partial charge in [-0.3, -0.25) is 15.5 Å². The van der Waals surface area contributed by atoms with Gasteiger partial charge in [-0.1, -0.05) is 41.6 Å². The van der Waals surface area contributed by atoms with Crippen molar-refractivity contribution in [3.63, 3.8) is 0 Å². The number of fused-ring (bicyclic) bond motifs is 1. The third kappa shape index (κ3) is 2.90. The highest BCUT2D eigenvalue weighted by atomic mass is 16.6. The molecule has 0 spiro atoms. The first-order valence-corrected chi connectivity index (χ1v) is 6.63. The summed E-state index contributed by atoms with van der Waals surface area (Å²) < 4.78 is 0. The molecule has 0 aliphatic rings. The van der Waals surface area contributed by atoms with Crippen LogP contribution in [0.3, 0.4) is 0 Å². The summed E-state index contributed by atoms with van der Waals surface area (Å²) in [6.07, 6.45) is 0. The number of nitro benzene ring substituents is 1. The predicted molar refractivity (Wildman–Crippen MR) is 85.2 cm³/mol. The Kier molecular flexibility index (Phi) is 3.74. The normalized spacial score (nSPS) is 10.9. The summed E-state index contributed by atoms with van der Waals surface area (Å²) in [5, 5.41) is 20.8. The van der Waals surface area contributed by atoms with Crippen LogP contribution in [0.4, 0.5) is 17.1 Å². The SMILES string of the molecule is O=[N+]([O-])c1ccc(NN=Nc2cccc3ccccc23)cc1. The van der Waals surface area contributed by atoms with Crippen molar-refractivity contribution in [2.45, 2.75) is 0 Å². The van der Waals surface area contributed by atoms with E-state index < -0.39 is 4.92 Å². The fourth-order valence-electron chi connectivity index (χ4n) is 2.09. The van der Waals surface area contributed by atoms with E-state index in [1.807, 2.05) is 42.5 Å². The van der Waals surface area contributed by atoms with E-state index in [0.717, 1.165) is 16.5 Å². The highest BCUT2D eigenvalue weighted by Crippen LogP contribution is 2.26. The summed E-state index contributed by atoms with van der Waals surface area (Å²) in [5.41, 5.74) is 4.19. The van der Waals surface area contributed by atoms with Gasteiger partial charge in [0.25, 0.3) is 5.69 Å². The minimum absolute atomic E-state index is 0.0385. The topological polar surface area (TPSA) is 79.9 Å².